The fourth-order valence-corrected chi connectivity index (χ4v) is 0.641. The summed E-state index contributed by atoms with van der Waals surface area (Å²) >= 11 is 0. The van der Waals surface area contributed by atoms with Gasteiger partial charge < -0.3 is 10.6 Å². The highest BCUT2D eigenvalue weighted by molar-refractivity contribution is 5.87. The average Bonchev–Trinajstić information content (AvgIpc) is 2.09. The Morgan fingerprint density at radius 3 is 2.13 bits per heavy atom. The van der Waals surface area contributed by atoms with E-state index in [-0.39, 0.29) is 5.92 Å². The first kappa shape index (κ1) is 13.7. The van der Waals surface area contributed by atoms with E-state index in [1.54, 1.807) is 0 Å². The fraction of sp³-hybridized carbons (Fsp3) is 0.750. The number of halogens is 3. The predicted molar refractivity (Wildman–Crippen MR) is 46.9 cm³/mol. The van der Waals surface area contributed by atoms with Gasteiger partial charge in [0, 0.05) is 6.54 Å². The van der Waals surface area contributed by atoms with Crippen LogP contribution < -0.4 is 10.6 Å². The lowest BCUT2D eigenvalue weighted by Gasteiger charge is -2.09. The molecule has 2 amide bonds. The Balaban J connectivity index is 3.77. The van der Waals surface area contributed by atoms with Gasteiger partial charge in [-0.3, -0.25) is 9.59 Å². The third kappa shape index (κ3) is 6.75. The van der Waals surface area contributed by atoms with Crippen molar-refractivity contribution in [2.24, 2.45) is 5.92 Å². The molecule has 15 heavy (non-hydrogen) atoms. The van der Waals surface area contributed by atoms with E-state index in [2.05, 4.69) is 5.32 Å². The van der Waals surface area contributed by atoms with E-state index < -0.39 is 24.5 Å². The second kappa shape index (κ2) is 5.57. The highest BCUT2D eigenvalue weighted by Gasteiger charge is 2.38. The number of rotatable bonds is 4. The zero-order valence-electron chi connectivity index (χ0n) is 8.44. The number of carbonyl (C=O) groups is 2. The lowest BCUT2D eigenvalue weighted by molar-refractivity contribution is -0.173. The number of carbonyl (C=O) groups excluding carboxylic acids is 2. The topological polar surface area (TPSA) is 58.2 Å². The van der Waals surface area contributed by atoms with Crippen LogP contribution in [-0.4, -0.2) is 31.1 Å². The number of amides is 2. The maximum atomic E-state index is 11.7. The van der Waals surface area contributed by atoms with E-state index in [9.17, 15) is 22.8 Å². The first-order valence-corrected chi connectivity index (χ1v) is 4.35. The fourth-order valence-electron chi connectivity index (χ4n) is 0.641. The Hall–Kier alpha value is -1.27. The van der Waals surface area contributed by atoms with Crippen molar-refractivity contribution in [3.8, 4) is 0 Å². The summed E-state index contributed by atoms with van der Waals surface area (Å²) in [6.45, 7) is 3.38. The predicted octanol–water partition coefficient (Wildman–Crippen LogP) is 0.437. The molecule has 0 aliphatic rings. The smallest absolute Gasteiger partial charge is 0.354 e. The summed E-state index contributed by atoms with van der Waals surface area (Å²) in [4.78, 5) is 21.2. The SMILES string of the molecule is CC(C)CNC(=O)CNC(=O)C(F)(F)F. The van der Waals surface area contributed by atoms with Crippen molar-refractivity contribution in [3.05, 3.63) is 0 Å². The van der Waals surface area contributed by atoms with Gasteiger partial charge in [0.15, 0.2) is 0 Å². The zero-order chi connectivity index (χ0) is 12.1. The largest absolute Gasteiger partial charge is 0.471 e. The highest BCUT2D eigenvalue weighted by Crippen LogP contribution is 2.13. The molecule has 7 heteroatoms. The van der Waals surface area contributed by atoms with Crippen molar-refractivity contribution in [2.75, 3.05) is 13.1 Å². The van der Waals surface area contributed by atoms with Gasteiger partial charge in [-0.25, -0.2) is 0 Å². The van der Waals surface area contributed by atoms with Crippen LogP contribution >= 0.6 is 0 Å². The van der Waals surface area contributed by atoms with Crippen molar-refractivity contribution in [2.45, 2.75) is 20.0 Å². The molecule has 0 heterocycles. The van der Waals surface area contributed by atoms with Gasteiger partial charge in [0.2, 0.25) is 5.91 Å². The van der Waals surface area contributed by atoms with Crippen LogP contribution in [0, 0.1) is 5.92 Å². The molecule has 0 saturated carbocycles. The quantitative estimate of drug-likeness (QED) is 0.730. The van der Waals surface area contributed by atoms with Crippen molar-refractivity contribution in [1.29, 1.82) is 0 Å². The number of nitrogens with one attached hydrogen (secondary N) is 2. The normalized spacial score (nSPS) is 11.3. The van der Waals surface area contributed by atoms with E-state index in [0.29, 0.717) is 6.54 Å². The number of alkyl halides is 3. The Morgan fingerprint density at radius 2 is 1.73 bits per heavy atom. The Kier molecular flexibility index (Phi) is 5.10. The van der Waals surface area contributed by atoms with Gasteiger partial charge in [-0.05, 0) is 5.92 Å². The van der Waals surface area contributed by atoms with Crippen LogP contribution in [-0.2, 0) is 9.59 Å². The maximum absolute atomic E-state index is 11.7. The molecule has 0 unspecified atom stereocenters. The molecule has 0 radical (unpaired) electrons. The molecule has 0 aromatic rings. The summed E-state index contributed by atoms with van der Waals surface area (Å²) in [5, 5.41) is 3.84. The summed E-state index contributed by atoms with van der Waals surface area (Å²) in [6, 6.07) is 0. The van der Waals surface area contributed by atoms with Crippen LogP contribution in [0.2, 0.25) is 0 Å². The number of hydrogen-bond acceptors (Lipinski definition) is 2. The summed E-state index contributed by atoms with van der Waals surface area (Å²) < 4.78 is 35.0. The van der Waals surface area contributed by atoms with Crippen molar-refractivity contribution in [3.63, 3.8) is 0 Å². The van der Waals surface area contributed by atoms with Gasteiger partial charge in [-0.2, -0.15) is 13.2 Å². The molecule has 0 aromatic heterocycles. The van der Waals surface area contributed by atoms with E-state index in [1.807, 2.05) is 13.8 Å². The lowest BCUT2D eigenvalue weighted by atomic mass is 10.2. The molecule has 0 bridgehead atoms. The highest BCUT2D eigenvalue weighted by atomic mass is 19.4. The average molecular weight is 226 g/mol. The first-order valence-electron chi connectivity index (χ1n) is 4.35. The molecule has 4 nitrogen and oxygen atoms in total. The van der Waals surface area contributed by atoms with Crippen molar-refractivity contribution < 1.29 is 22.8 Å². The van der Waals surface area contributed by atoms with Crippen LogP contribution in [0.25, 0.3) is 0 Å². The van der Waals surface area contributed by atoms with Gasteiger partial charge in [0.25, 0.3) is 0 Å². The molecule has 0 fully saturated rings. The van der Waals surface area contributed by atoms with Gasteiger partial charge in [-0.15, -0.1) is 0 Å². The Labute approximate surface area is 85.2 Å². The van der Waals surface area contributed by atoms with Crippen LogP contribution in [0.1, 0.15) is 13.8 Å². The monoisotopic (exact) mass is 226 g/mol. The van der Waals surface area contributed by atoms with Crippen LogP contribution in [0.5, 0.6) is 0 Å². The van der Waals surface area contributed by atoms with E-state index in [0.717, 1.165) is 0 Å². The minimum absolute atomic E-state index is 0.201. The van der Waals surface area contributed by atoms with Crippen molar-refractivity contribution >= 4 is 11.8 Å². The first-order chi connectivity index (χ1) is 6.73. The third-order valence-electron chi connectivity index (χ3n) is 1.37. The summed E-state index contributed by atoms with van der Waals surface area (Å²) in [5.41, 5.74) is 0. The molecule has 2 N–H and O–H groups in total. The second-order valence-corrected chi connectivity index (χ2v) is 3.38. The third-order valence-corrected chi connectivity index (χ3v) is 1.37. The maximum Gasteiger partial charge on any atom is 0.471 e. The Bertz CT molecular complexity index is 239. The van der Waals surface area contributed by atoms with E-state index in [4.69, 9.17) is 0 Å². The van der Waals surface area contributed by atoms with E-state index >= 15 is 0 Å². The van der Waals surface area contributed by atoms with Crippen LogP contribution in [0.3, 0.4) is 0 Å². The summed E-state index contributed by atoms with van der Waals surface area (Å²) in [6.07, 6.45) is -4.95. The molecule has 0 atom stereocenters. The molecule has 0 aliphatic carbocycles. The second-order valence-electron chi connectivity index (χ2n) is 3.38. The van der Waals surface area contributed by atoms with Gasteiger partial charge >= 0.3 is 12.1 Å². The van der Waals surface area contributed by atoms with Crippen LogP contribution in [0.4, 0.5) is 13.2 Å². The van der Waals surface area contributed by atoms with Gasteiger partial charge in [0.1, 0.15) is 0 Å². The molecule has 0 aromatic carbocycles. The van der Waals surface area contributed by atoms with Crippen molar-refractivity contribution in [1.82, 2.24) is 10.6 Å². The van der Waals surface area contributed by atoms with Gasteiger partial charge in [0.05, 0.1) is 6.54 Å². The molecule has 0 saturated heterocycles. The molecule has 0 rings (SSSR count). The molecule has 0 spiro atoms. The zero-order valence-corrected chi connectivity index (χ0v) is 8.44. The summed E-state index contributed by atoms with van der Waals surface area (Å²) in [5.74, 6) is -2.55. The standard InChI is InChI=1S/C8H13F3N2O2/c1-5(2)3-12-6(14)4-13-7(15)8(9,10)11/h5H,3-4H2,1-2H3,(H,12,14)(H,13,15). The minimum Gasteiger partial charge on any atom is -0.354 e. The van der Waals surface area contributed by atoms with Crippen LogP contribution in [0.15, 0.2) is 0 Å². The molecule has 0 aliphatic heterocycles. The number of hydrogen-bond donors (Lipinski definition) is 2. The molecular formula is C8H13F3N2O2. The van der Waals surface area contributed by atoms with E-state index in [1.165, 1.54) is 5.32 Å². The summed E-state index contributed by atoms with van der Waals surface area (Å²) in [7, 11) is 0. The molecular weight excluding hydrogens is 213 g/mol. The minimum atomic E-state index is -4.95. The Morgan fingerprint density at radius 1 is 1.20 bits per heavy atom. The lowest BCUT2D eigenvalue weighted by Crippen LogP contribution is -2.43. The molecule has 88 valence electrons. The van der Waals surface area contributed by atoms with Gasteiger partial charge in [-0.1, -0.05) is 13.8 Å².